The Kier molecular flexibility index (Phi) is 3.31. The molecule has 0 bridgehead atoms. The van der Waals surface area contributed by atoms with Crippen molar-refractivity contribution < 1.29 is 4.39 Å². The molecule has 1 aromatic carbocycles. The zero-order valence-electron chi connectivity index (χ0n) is 9.11. The number of rotatable bonds is 2. The van der Waals surface area contributed by atoms with Crippen LogP contribution in [-0.2, 0) is 0 Å². The predicted molar refractivity (Wildman–Crippen MR) is 68.1 cm³/mol. The first-order valence-electron chi connectivity index (χ1n) is 4.98. The fraction of sp³-hybridized carbons (Fsp3) is 0. The SMILES string of the molecule is N#Cc1cc(N)cnc1Nc1c(F)cccc1Cl. The number of aromatic nitrogens is 1. The normalized spacial score (nSPS) is 9.83. The molecule has 0 fully saturated rings. The van der Waals surface area contributed by atoms with E-state index in [0.717, 1.165) is 0 Å². The Morgan fingerprint density at radius 3 is 2.89 bits per heavy atom. The maximum Gasteiger partial charge on any atom is 0.148 e. The summed E-state index contributed by atoms with van der Waals surface area (Å²) >= 11 is 5.87. The lowest BCUT2D eigenvalue weighted by atomic mass is 10.2. The van der Waals surface area contributed by atoms with E-state index in [1.54, 1.807) is 0 Å². The molecule has 90 valence electrons. The van der Waals surface area contributed by atoms with Crippen molar-refractivity contribution >= 4 is 28.8 Å². The van der Waals surface area contributed by atoms with E-state index in [2.05, 4.69) is 10.3 Å². The number of nitrogens with two attached hydrogens (primary N) is 1. The van der Waals surface area contributed by atoms with Crippen LogP contribution in [-0.4, -0.2) is 4.98 Å². The summed E-state index contributed by atoms with van der Waals surface area (Å²) in [6.45, 7) is 0. The largest absolute Gasteiger partial charge is 0.397 e. The number of hydrogen-bond acceptors (Lipinski definition) is 4. The Bertz CT molecular complexity index is 616. The summed E-state index contributed by atoms with van der Waals surface area (Å²) in [6.07, 6.45) is 1.37. The molecule has 2 rings (SSSR count). The second-order valence-electron chi connectivity index (χ2n) is 3.50. The van der Waals surface area contributed by atoms with Crippen molar-refractivity contribution in [3.05, 3.63) is 46.9 Å². The van der Waals surface area contributed by atoms with Gasteiger partial charge in [-0.25, -0.2) is 9.37 Å². The molecule has 0 unspecified atom stereocenters. The molecule has 6 heteroatoms. The fourth-order valence-corrected chi connectivity index (χ4v) is 1.61. The van der Waals surface area contributed by atoms with Crippen LogP contribution in [0, 0.1) is 17.1 Å². The van der Waals surface area contributed by atoms with E-state index in [0.29, 0.717) is 5.69 Å². The minimum atomic E-state index is -0.523. The molecule has 0 amide bonds. The fourth-order valence-electron chi connectivity index (χ4n) is 1.40. The molecule has 0 aliphatic heterocycles. The van der Waals surface area contributed by atoms with Crippen LogP contribution in [0.15, 0.2) is 30.5 Å². The molecule has 1 aromatic heterocycles. The van der Waals surface area contributed by atoms with Gasteiger partial charge in [0.15, 0.2) is 0 Å². The third-order valence-corrected chi connectivity index (χ3v) is 2.55. The summed E-state index contributed by atoms with van der Waals surface area (Å²) in [5.41, 5.74) is 6.17. The molecular weight excluding hydrogens is 255 g/mol. The van der Waals surface area contributed by atoms with E-state index in [1.165, 1.54) is 30.5 Å². The van der Waals surface area contributed by atoms with Crippen molar-refractivity contribution in [3.63, 3.8) is 0 Å². The lowest BCUT2D eigenvalue weighted by Crippen LogP contribution is -2.01. The Hall–Kier alpha value is -2.32. The van der Waals surface area contributed by atoms with Crippen molar-refractivity contribution in [3.8, 4) is 6.07 Å². The topological polar surface area (TPSA) is 74.7 Å². The third-order valence-electron chi connectivity index (χ3n) is 2.24. The first kappa shape index (κ1) is 12.1. The number of nitrogen functional groups attached to an aromatic ring is 1. The first-order chi connectivity index (χ1) is 8.61. The summed E-state index contributed by atoms with van der Waals surface area (Å²) in [6, 6.07) is 7.66. The standard InChI is InChI=1S/C12H8ClFN4/c13-9-2-1-3-10(14)11(9)18-12-7(5-15)4-8(16)6-17-12/h1-4,6H,16H2,(H,17,18). The van der Waals surface area contributed by atoms with E-state index < -0.39 is 5.82 Å². The average Bonchev–Trinajstić information content (AvgIpc) is 2.35. The van der Waals surface area contributed by atoms with Crippen molar-refractivity contribution in [2.75, 3.05) is 11.1 Å². The van der Waals surface area contributed by atoms with Gasteiger partial charge < -0.3 is 11.1 Å². The summed E-state index contributed by atoms with van der Waals surface area (Å²) in [5.74, 6) is -0.316. The Labute approximate surface area is 108 Å². The van der Waals surface area contributed by atoms with Crippen molar-refractivity contribution in [2.24, 2.45) is 0 Å². The van der Waals surface area contributed by atoms with Gasteiger partial charge in [-0.05, 0) is 18.2 Å². The molecule has 4 nitrogen and oxygen atoms in total. The van der Waals surface area contributed by atoms with Gasteiger partial charge in [-0.15, -0.1) is 0 Å². The second kappa shape index (κ2) is 4.90. The highest BCUT2D eigenvalue weighted by Crippen LogP contribution is 2.28. The van der Waals surface area contributed by atoms with Gasteiger partial charge in [0.2, 0.25) is 0 Å². The zero-order chi connectivity index (χ0) is 13.1. The van der Waals surface area contributed by atoms with Gasteiger partial charge in [-0.2, -0.15) is 5.26 Å². The number of halogens is 2. The van der Waals surface area contributed by atoms with E-state index in [9.17, 15) is 4.39 Å². The average molecular weight is 263 g/mol. The van der Waals surface area contributed by atoms with Gasteiger partial charge in [0, 0.05) is 0 Å². The van der Waals surface area contributed by atoms with Gasteiger partial charge in [0.05, 0.1) is 28.2 Å². The van der Waals surface area contributed by atoms with Crippen LogP contribution in [0.2, 0.25) is 5.02 Å². The van der Waals surface area contributed by atoms with Crippen LogP contribution in [0.5, 0.6) is 0 Å². The summed E-state index contributed by atoms with van der Waals surface area (Å²) in [4.78, 5) is 3.94. The van der Waals surface area contributed by atoms with E-state index >= 15 is 0 Å². The van der Waals surface area contributed by atoms with Crippen molar-refractivity contribution in [1.82, 2.24) is 4.98 Å². The smallest absolute Gasteiger partial charge is 0.148 e. The number of hydrogen-bond donors (Lipinski definition) is 2. The molecule has 0 saturated heterocycles. The van der Waals surface area contributed by atoms with Crippen LogP contribution < -0.4 is 11.1 Å². The van der Waals surface area contributed by atoms with E-state index in [-0.39, 0.29) is 22.1 Å². The maximum absolute atomic E-state index is 13.6. The van der Waals surface area contributed by atoms with Gasteiger partial charge in [-0.3, -0.25) is 0 Å². The highest BCUT2D eigenvalue weighted by molar-refractivity contribution is 6.33. The summed E-state index contributed by atoms with van der Waals surface area (Å²) < 4.78 is 13.6. The van der Waals surface area contributed by atoms with Crippen molar-refractivity contribution in [1.29, 1.82) is 5.26 Å². The summed E-state index contributed by atoms with van der Waals surface area (Å²) in [7, 11) is 0. The number of para-hydroxylation sites is 1. The Morgan fingerprint density at radius 2 is 2.22 bits per heavy atom. The molecule has 1 heterocycles. The van der Waals surface area contributed by atoms with Gasteiger partial charge in [0.1, 0.15) is 17.7 Å². The second-order valence-corrected chi connectivity index (χ2v) is 3.91. The van der Waals surface area contributed by atoms with E-state index in [1.807, 2.05) is 6.07 Å². The molecule has 0 radical (unpaired) electrons. The van der Waals surface area contributed by atoms with Crippen LogP contribution >= 0.6 is 11.6 Å². The van der Waals surface area contributed by atoms with Gasteiger partial charge in [-0.1, -0.05) is 17.7 Å². The quantitative estimate of drug-likeness (QED) is 0.872. The Balaban J connectivity index is 2.44. The van der Waals surface area contributed by atoms with Crippen LogP contribution in [0.3, 0.4) is 0 Å². The molecule has 0 aliphatic rings. The number of benzene rings is 1. The molecule has 2 aromatic rings. The molecule has 0 saturated carbocycles. The Morgan fingerprint density at radius 1 is 1.44 bits per heavy atom. The van der Waals surface area contributed by atoms with Gasteiger partial charge in [0.25, 0.3) is 0 Å². The molecule has 3 N–H and O–H groups in total. The number of nitrogens with zero attached hydrogens (tertiary/aromatic N) is 2. The molecule has 0 spiro atoms. The predicted octanol–water partition coefficient (Wildman–Crippen LogP) is 3.07. The number of nitriles is 1. The van der Waals surface area contributed by atoms with Crippen LogP contribution in [0.25, 0.3) is 0 Å². The molecule has 0 aliphatic carbocycles. The maximum atomic E-state index is 13.6. The minimum Gasteiger partial charge on any atom is -0.397 e. The van der Waals surface area contributed by atoms with Crippen LogP contribution in [0.1, 0.15) is 5.56 Å². The van der Waals surface area contributed by atoms with E-state index in [4.69, 9.17) is 22.6 Å². The highest BCUT2D eigenvalue weighted by Gasteiger charge is 2.10. The summed E-state index contributed by atoms with van der Waals surface area (Å²) in [5, 5.41) is 11.8. The lowest BCUT2D eigenvalue weighted by Gasteiger charge is -2.10. The molecular formula is C12H8ClFN4. The zero-order valence-corrected chi connectivity index (χ0v) is 9.87. The minimum absolute atomic E-state index is 0.0768. The van der Waals surface area contributed by atoms with Crippen molar-refractivity contribution in [2.45, 2.75) is 0 Å². The number of pyridine rings is 1. The number of nitrogens with one attached hydrogen (secondary N) is 1. The molecule has 18 heavy (non-hydrogen) atoms. The first-order valence-corrected chi connectivity index (χ1v) is 5.36. The highest BCUT2D eigenvalue weighted by atomic mass is 35.5. The number of anilines is 3. The lowest BCUT2D eigenvalue weighted by molar-refractivity contribution is 0.632. The monoisotopic (exact) mass is 262 g/mol. The third kappa shape index (κ3) is 2.34. The molecule has 0 atom stereocenters. The van der Waals surface area contributed by atoms with Gasteiger partial charge >= 0.3 is 0 Å². The van der Waals surface area contributed by atoms with Crippen LogP contribution in [0.4, 0.5) is 21.6 Å².